The van der Waals surface area contributed by atoms with Crippen molar-refractivity contribution < 1.29 is 14.3 Å². The SMILES string of the molecule is C.C1CCCC1.C1CCCC1.C1CCCC1.CCC.CCC.COC(C=O)C=O. The van der Waals surface area contributed by atoms with Crippen molar-refractivity contribution >= 4 is 12.6 Å². The first-order valence-electron chi connectivity index (χ1n) is 12.1. The lowest BCUT2D eigenvalue weighted by Crippen LogP contribution is -2.12. The van der Waals surface area contributed by atoms with Crippen LogP contribution in [0.4, 0.5) is 0 Å². The molecule has 3 heteroatoms. The van der Waals surface area contributed by atoms with Crippen molar-refractivity contribution in [2.75, 3.05) is 7.11 Å². The molecule has 0 radical (unpaired) electrons. The first-order valence-corrected chi connectivity index (χ1v) is 12.1. The lowest BCUT2D eigenvalue weighted by Gasteiger charge is -1.92. The molecule has 0 heterocycles. The second-order valence-corrected chi connectivity index (χ2v) is 7.69. The standard InChI is InChI=1S/3C5H10.C4H6O3.2C3H8.CH4/c3*1-2-4-5-3-1;1-7-4(2-5)3-6;2*1-3-2;/h3*1-5H2;2-4H,1H3;2*3H2,1-2H3;1H4. The Balaban J connectivity index is -0.000000131. The van der Waals surface area contributed by atoms with Crippen molar-refractivity contribution in [1.29, 1.82) is 0 Å². The molecule has 0 amide bonds. The molecule has 3 aliphatic carbocycles. The van der Waals surface area contributed by atoms with Crippen molar-refractivity contribution in [2.24, 2.45) is 0 Å². The molecule has 0 aliphatic heterocycles. The van der Waals surface area contributed by atoms with Gasteiger partial charge in [0.25, 0.3) is 0 Å². The molecule has 3 aliphatic rings. The molecule has 0 aromatic heterocycles. The quantitative estimate of drug-likeness (QED) is 0.341. The number of carbonyl (C=O) groups excluding carboxylic acids is 2. The van der Waals surface area contributed by atoms with Crippen molar-refractivity contribution in [1.82, 2.24) is 0 Å². The molecule has 3 saturated carbocycles. The minimum absolute atomic E-state index is 0. The number of aldehydes is 2. The molecular formula is C26H56O3. The zero-order valence-electron chi connectivity index (χ0n) is 20.0. The molecule has 0 saturated heterocycles. The molecule has 3 rings (SSSR count). The summed E-state index contributed by atoms with van der Waals surface area (Å²) in [5.41, 5.74) is 0. The summed E-state index contributed by atoms with van der Waals surface area (Å²) in [7, 11) is 1.30. The minimum Gasteiger partial charge on any atom is -0.366 e. The van der Waals surface area contributed by atoms with E-state index in [2.05, 4.69) is 32.4 Å². The van der Waals surface area contributed by atoms with Crippen LogP contribution in [-0.2, 0) is 14.3 Å². The van der Waals surface area contributed by atoms with Gasteiger partial charge in [0.15, 0.2) is 18.7 Å². The van der Waals surface area contributed by atoms with Crippen molar-refractivity contribution in [3.05, 3.63) is 0 Å². The zero-order chi connectivity index (χ0) is 21.7. The highest BCUT2D eigenvalue weighted by atomic mass is 16.5. The predicted molar refractivity (Wildman–Crippen MR) is 131 cm³/mol. The molecule has 0 aromatic carbocycles. The summed E-state index contributed by atoms with van der Waals surface area (Å²) in [5.74, 6) is 0. The molecule has 3 nitrogen and oxygen atoms in total. The maximum atomic E-state index is 9.61. The van der Waals surface area contributed by atoms with Crippen LogP contribution in [0.3, 0.4) is 0 Å². The number of hydrogen-bond donors (Lipinski definition) is 0. The first-order chi connectivity index (χ1) is 13.7. The Labute approximate surface area is 184 Å². The van der Waals surface area contributed by atoms with E-state index in [4.69, 9.17) is 0 Å². The third-order valence-corrected chi connectivity index (χ3v) is 4.29. The van der Waals surface area contributed by atoms with Gasteiger partial charge < -0.3 is 4.74 Å². The van der Waals surface area contributed by atoms with Crippen LogP contribution in [-0.4, -0.2) is 25.8 Å². The summed E-state index contributed by atoms with van der Waals surface area (Å²) in [4.78, 5) is 19.2. The van der Waals surface area contributed by atoms with Gasteiger partial charge >= 0.3 is 0 Å². The van der Waals surface area contributed by atoms with E-state index in [9.17, 15) is 9.59 Å². The van der Waals surface area contributed by atoms with Crippen LogP contribution in [0.2, 0.25) is 0 Å². The van der Waals surface area contributed by atoms with E-state index in [1.807, 2.05) is 0 Å². The second-order valence-electron chi connectivity index (χ2n) is 7.69. The number of carbonyl (C=O) groups is 2. The molecule has 0 bridgehead atoms. The third-order valence-electron chi connectivity index (χ3n) is 4.29. The molecule has 0 atom stereocenters. The maximum Gasteiger partial charge on any atom is 0.167 e. The smallest absolute Gasteiger partial charge is 0.167 e. The number of rotatable bonds is 3. The molecule has 0 N–H and O–H groups in total. The highest BCUT2D eigenvalue weighted by Crippen LogP contribution is 2.16. The van der Waals surface area contributed by atoms with Gasteiger partial charge in [0.05, 0.1) is 0 Å². The fourth-order valence-corrected chi connectivity index (χ4v) is 2.79. The lowest BCUT2D eigenvalue weighted by molar-refractivity contribution is -0.126. The average molecular weight is 417 g/mol. The van der Waals surface area contributed by atoms with E-state index in [-0.39, 0.29) is 7.43 Å². The Morgan fingerprint density at radius 3 is 0.724 bits per heavy atom. The summed E-state index contributed by atoms with van der Waals surface area (Å²) in [5, 5.41) is 0. The van der Waals surface area contributed by atoms with Gasteiger partial charge in [-0.3, -0.25) is 9.59 Å². The second kappa shape index (κ2) is 38.0. The molecule has 29 heavy (non-hydrogen) atoms. The first kappa shape index (κ1) is 35.7. The molecule has 3 fully saturated rings. The van der Waals surface area contributed by atoms with Gasteiger partial charge in [-0.15, -0.1) is 0 Å². The van der Waals surface area contributed by atoms with Crippen LogP contribution >= 0.6 is 0 Å². The van der Waals surface area contributed by atoms with Gasteiger partial charge in [0.1, 0.15) is 0 Å². The fraction of sp³-hybridized carbons (Fsp3) is 0.923. The summed E-state index contributed by atoms with van der Waals surface area (Å²) in [6.07, 6.45) is 25.0. The molecular weight excluding hydrogens is 360 g/mol. The van der Waals surface area contributed by atoms with Crippen LogP contribution < -0.4 is 0 Å². The van der Waals surface area contributed by atoms with Gasteiger partial charge in [0.2, 0.25) is 0 Å². The Morgan fingerprint density at radius 2 is 0.690 bits per heavy atom. The number of hydrogen-bond acceptors (Lipinski definition) is 3. The Bertz CT molecular complexity index is 198. The van der Waals surface area contributed by atoms with E-state index in [0.29, 0.717) is 12.6 Å². The van der Waals surface area contributed by atoms with Gasteiger partial charge in [-0.1, -0.05) is 144 Å². The van der Waals surface area contributed by atoms with Gasteiger partial charge in [-0.2, -0.15) is 0 Å². The van der Waals surface area contributed by atoms with Crippen LogP contribution in [0.15, 0.2) is 0 Å². The Morgan fingerprint density at radius 1 is 0.552 bits per heavy atom. The molecule has 0 spiro atoms. The van der Waals surface area contributed by atoms with Crippen LogP contribution in [0.5, 0.6) is 0 Å². The fourth-order valence-electron chi connectivity index (χ4n) is 2.79. The van der Waals surface area contributed by atoms with Crippen LogP contribution in [0, 0.1) is 0 Å². The Hall–Kier alpha value is -0.700. The minimum atomic E-state index is -0.875. The van der Waals surface area contributed by atoms with Crippen LogP contribution in [0.25, 0.3) is 0 Å². The summed E-state index contributed by atoms with van der Waals surface area (Å²) in [6, 6.07) is 0. The van der Waals surface area contributed by atoms with E-state index in [0.717, 1.165) is 0 Å². The molecule has 178 valence electrons. The predicted octanol–water partition coefficient (Wildman–Crippen LogP) is 8.72. The topological polar surface area (TPSA) is 43.4 Å². The highest BCUT2D eigenvalue weighted by Gasteiger charge is 1.98. The van der Waals surface area contributed by atoms with Crippen molar-refractivity contribution in [3.8, 4) is 0 Å². The van der Waals surface area contributed by atoms with E-state index >= 15 is 0 Å². The Kier molecular flexibility index (Phi) is 46.8. The third kappa shape index (κ3) is 42.4. The van der Waals surface area contributed by atoms with Crippen LogP contribution in [0.1, 0.15) is 144 Å². The van der Waals surface area contributed by atoms with Crippen molar-refractivity contribution in [2.45, 2.75) is 150 Å². The van der Waals surface area contributed by atoms with Crippen molar-refractivity contribution in [3.63, 3.8) is 0 Å². The normalized spacial score (nSPS) is 15.8. The van der Waals surface area contributed by atoms with Gasteiger partial charge in [-0.05, 0) is 0 Å². The lowest BCUT2D eigenvalue weighted by atomic mass is 10.4. The average Bonchev–Trinajstić information content (AvgIpc) is 3.53. The summed E-state index contributed by atoms with van der Waals surface area (Å²) in [6.45, 7) is 8.50. The highest BCUT2D eigenvalue weighted by molar-refractivity contribution is 5.80. The maximum absolute atomic E-state index is 9.61. The number of methoxy groups -OCH3 is 1. The largest absolute Gasteiger partial charge is 0.366 e. The summed E-state index contributed by atoms with van der Waals surface area (Å²) >= 11 is 0. The number of ether oxygens (including phenoxy) is 1. The van der Waals surface area contributed by atoms with E-state index in [1.165, 1.54) is 116 Å². The van der Waals surface area contributed by atoms with Gasteiger partial charge in [-0.25, -0.2) is 0 Å². The molecule has 0 unspecified atom stereocenters. The van der Waals surface area contributed by atoms with E-state index in [1.54, 1.807) is 0 Å². The molecule has 0 aromatic rings. The van der Waals surface area contributed by atoms with E-state index < -0.39 is 6.10 Å². The van der Waals surface area contributed by atoms with Gasteiger partial charge in [0, 0.05) is 7.11 Å². The summed E-state index contributed by atoms with van der Waals surface area (Å²) < 4.78 is 4.31. The monoisotopic (exact) mass is 416 g/mol. The zero-order valence-corrected chi connectivity index (χ0v) is 20.0.